The lowest BCUT2D eigenvalue weighted by Crippen LogP contribution is -2.29. The monoisotopic (exact) mass is 366 g/mol. The Labute approximate surface area is 149 Å². The Kier molecular flexibility index (Phi) is 6.30. The van der Waals surface area contributed by atoms with Crippen LogP contribution < -0.4 is 5.56 Å². The van der Waals surface area contributed by atoms with Crippen LogP contribution >= 0.6 is 11.3 Å². The van der Waals surface area contributed by atoms with Gasteiger partial charge >= 0.3 is 11.9 Å². The second-order valence-electron chi connectivity index (χ2n) is 5.61. The fraction of sp³-hybridized carbons (Fsp3) is 0.529. The molecule has 136 valence electrons. The van der Waals surface area contributed by atoms with Gasteiger partial charge in [-0.25, -0.2) is 14.6 Å². The minimum atomic E-state index is -0.786. The Bertz CT molecular complexity index is 839. The number of aryl methyl sites for hydroxylation is 1. The van der Waals surface area contributed by atoms with Gasteiger partial charge in [-0.15, -0.1) is 11.3 Å². The lowest BCUT2D eigenvalue weighted by atomic mass is 10.2. The Morgan fingerprint density at radius 2 is 2.04 bits per heavy atom. The summed E-state index contributed by atoms with van der Waals surface area (Å²) in [5.74, 6) is -0.948. The molecule has 0 bridgehead atoms. The number of carbonyl (C=O) groups is 2. The number of rotatable bonds is 7. The van der Waals surface area contributed by atoms with E-state index in [1.54, 1.807) is 20.8 Å². The van der Waals surface area contributed by atoms with Crippen LogP contribution in [0.3, 0.4) is 0 Å². The minimum Gasteiger partial charge on any atom is -0.464 e. The van der Waals surface area contributed by atoms with Gasteiger partial charge in [-0.2, -0.15) is 0 Å². The second-order valence-corrected chi connectivity index (χ2v) is 6.61. The van der Waals surface area contributed by atoms with Crippen molar-refractivity contribution in [2.75, 3.05) is 13.2 Å². The molecule has 0 aliphatic heterocycles. The van der Waals surface area contributed by atoms with Gasteiger partial charge in [0.15, 0.2) is 0 Å². The number of fused-ring (bicyclic) bond motifs is 1. The van der Waals surface area contributed by atoms with E-state index in [1.165, 1.54) is 10.9 Å². The smallest absolute Gasteiger partial charge is 0.348 e. The molecule has 25 heavy (non-hydrogen) atoms. The lowest BCUT2D eigenvalue weighted by Gasteiger charge is -2.14. The second kappa shape index (κ2) is 8.24. The van der Waals surface area contributed by atoms with Gasteiger partial charge in [-0.1, -0.05) is 13.3 Å². The molecule has 0 radical (unpaired) electrons. The average molecular weight is 366 g/mol. The van der Waals surface area contributed by atoms with E-state index in [4.69, 9.17) is 9.47 Å². The van der Waals surface area contributed by atoms with Crippen molar-refractivity contribution in [3.05, 3.63) is 27.1 Å². The zero-order chi connectivity index (χ0) is 18.6. The van der Waals surface area contributed by atoms with Crippen molar-refractivity contribution in [3.63, 3.8) is 0 Å². The zero-order valence-corrected chi connectivity index (χ0v) is 15.6. The normalized spacial score (nSPS) is 12.2. The highest BCUT2D eigenvalue weighted by Gasteiger charge is 2.23. The quantitative estimate of drug-likeness (QED) is 0.553. The van der Waals surface area contributed by atoms with Gasteiger partial charge in [0.2, 0.25) is 0 Å². The van der Waals surface area contributed by atoms with E-state index in [-0.39, 0.29) is 12.2 Å². The van der Waals surface area contributed by atoms with E-state index in [9.17, 15) is 14.4 Å². The highest BCUT2D eigenvalue weighted by Crippen LogP contribution is 2.27. The summed E-state index contributed by atoms with van der Waals surface area (Å²) < 4.78 is 11.4. The lowest BCUT2D eigenvalue weighted by molar-refractivity contribution is -0.147. The van der Waals surface area contributed by atoms with Crippen LogP contribution in [0.5, 0.6) is 0 Å². The molecule has 2 heterocycles. The third-order valence-corrected chi connectivity index (χ3v) is 5.02. The van der Waals surface area contributed by atoms with Gasteiger partial charge in [0.1, 0.15) is 15.7 Å². The molecule has 2 aromatic heterocycles. The summed E-state index contributed by atoms with van der Waals surface area (Å²) in [4.78, 5) is 41.9. The van der Waals surface area contributed by atoms with Crippen LogP contribution in [0.15, 0.2) is 11.1 Å². The van der Waals surface area contributed by atoms with Crippen molar-refractivity contribution in [3.8, 4) is 0 Å². The average Bonchev–Trinajstić information content (AvgIpc) is 2.92. The minimum absolute atomic E-state index is 0.255. The van der Waals surface area contributed by atoms with Crippen molar-refractivity contribution in [2.45, 2.75) is 46.6 Å². The molecule has 0 aliphatic rings. The molecule has 0 spiro atoms. The molecule has 0 saturated carbocycles. The maximum Gasteiger partial charge on any atom is 0.348 e. The molecule has 0 saturated heterocycles. The Morgan fingerprint density at radius 3 is 2.68 bits per heavy atom. The SMILES string of the molecule is CCCCOC(=O)[C@H](C)n1cnc2sc(C(=O)OCC)c(C)c2c1=O. The summed E-state index contributed by atoms with van der Waals surface area (Å²) in [5, 5.41) is 0.337. The fourth-order valence-electron chi connectivity index (χ4n) is 2.36. The first-order valence-corrected chi connectivity index (χ1v) is 9.07. The number of thiophene rings is 1. The highest BCUT2D eigenvalue weighted by molar-refractivity contribution is 7.20. The number of carbonyl (C=O) groups excluding carboxylic acids is 2. The number of unbranched alkanes of at least 4 members (excludes halogenated alkanes) is 1. The molecule has 0 fully saturated rings. The molecule has 0 amide bonds. The first kappa shape index (κ1) is 19.1. The molecule has 0 N–H and O–H groups in total. The molecule has 0 aliphatic carbocycles. The van der Waals surface area contributed by atoms with Crippen LogP contribution in [0.1, 0.15) is 54.9 Å². The van der Waals surface area contributed by atoms with Crippen LogP contribution in [-0.2, 0) is 14.3 Å². The number of aromatic nitrogens is 2. The maximum atomic E-state index is 12.8. The number of esters is 2. The van der Waals surface area contributed by atoms with Crippen molar-refractivity contribution in [1.29, 1.82) is 0 Å². The van der Waals surface area contributed by atoms with Crippen LogP contribution in [0.2, 0.25) is 0 Å². The van der Waals surface area contributed by atoms with Crippen LogP contribution in [0.4, 0.5) is 0 Å². The Balaban J connectivity index is 2.39. The number of nitrogens with zero attached hydrogens (tertiary/aromatic N) is 2. The zero-order valence-electron chi connectivity index (χ0n) is 14.8. The third kappa shape index (κ3) is 3.89. The van der Waals surface area contributed by atoms with E-state index in [0.717, 1.165) is 24.2 Å². The maximum absolute atomic E-state index is 12.8. The fourth-order valence-corrected chi connectivity index (χ4v) is 3.39. The molecule has 1 atom stereocenters. The Hall–Kier alpha value is -2.22. The summed E-state index contributed by atoms with van der Waals surface area (Å²) in [6.45, 7) is 7.58. The van der Waals surface area contributed by atoms with Gasteiger partial charge in [0.05, 0.1) is 24.9 Å². The van der Waals surface area contributed by atoms with Crippen molar-refractivity contribution >= 4 is 33.5 Å². The van der Waals surface area contributed by atoms with Gasteiger partial charge in [-0.05, 0) is 32.8 Å². The van der Waals surface area contributed by atoms with Crippen LogP contribution in [0, 0.1) is 6.92 Å². The number of hydrogen-bond acceptors (Lipinski definition) is 7. The van der Waals surface area contributed by atoms with Crippen LogP contribution in [0.25, 0.3) is 10.2 Å². The molecule has 0 unspecified atom stereocenters. The van der Waals surface area contributed by atoms with Crippen LogP contribution in [-0.4, -0.2) is 34.7 Å². The third-order valence-electron chi connectivity index (χ3n) is 3.84. The molecule has 2 rings (SSSR count). The predicted octanol–water partition coefficient (Wildman–Crippen LogP) is 2.85. The molecular weight excluding hydrogens is 344 g/mol. The largest absolute Gasteiger partial charge is 0.464 e. The van der Waals surface area contributed by atoms with Crippen molar-refractivity contribution in [1.82, 2.24) is 9.55 Å². The topological polar surface area (TPSA) is 87.5 Å². The Morgan fingerprint density at radius 1 is 1.32 bits per heavy atom. The van der Waals surface area contributed by atoms with Gasteiger partial charge < -0.3 is 9.47 Å². The van der Waals surface area contributed by atoms with E-state index in [2.05, 4.69) is 4.98 Å². The molecule has 0 aromatic carbocycles. The summed E-state index contributed by atoms with van der Waals surface area (Å²) in [7, 11) is 0. The standard InChI is InChI=1S/C17H22N2O5S/c1-5-7-8-24-16(21)11(4)19-9-18-14-12(15(19)20)10(3)13(25-14)17(22)23-6-2/h9,11H,5-8H2,1-4H3/t11-/m0/s1. The predicted molar refractivity (Wildman–Crippen MR) is 95.2 cm³/mol. The molecule has 8 heteroatoms. The summed E-state index contributed by atoms with van der Waals surface area (Å²) in [5.41, 5.74) is 0.158. The van der Waals surface area contributed by atoms with Gasteiger partial charge in [0.25, 0.3) is 5.56 Å². The molecule has 7 nitrogen and oxygen atoms in total. The number of hydrogen-bond donors (Lipinski definition) is 0. The summed E-state index contributed by atoms with van der Waals surface area (Å²) in [6.07, 6.45) is 3.01. The highest BCUT2D eigenvalue weighted by atomic mass is 32.1. The summed E-state index contributed by atoms with van der Waals surface area (Å²) in [6, 6.07) is -0.786. The molecule has 2 aromatic rings. The van der Waals surface area contributed by atoms with Gasteiger partial charge in [-0.3, -0.25) is 9.36 Å². The summed E-state index contributed by atoms with van der Waals surface area (Å²) >= 11 is 1.12. The van der Waals surface area contributed by atoms with Crippen molar-refractivity contribution in [2.24, 2.45) is 0 Å². The van der Waals surface area contributed by atoms with Crippen molar-refractivity contribution < 1.29 is 19.1 Å². The molecular formula is C17H22N2O5S. The van der Waals surface area contributed by atoms with E-state index < -0.39 is 18.0 Å². The first-order valence-electron chi connectivity index (χ1n) is 8.26. The van der Waals surface area contributed by atoms with Gasteiger partial charge in [0, 0.05) is 0 Å². The van der Waals surface area contributed by atoms with E-state index >= 15 is 0 Å². The van der Waals surface area contributed by atoms with E-state index in [1.807, 2.05) is 6.92 Å². The van der Waals surface area contributed by atoms with E-state index in [0.29, 0.717) is 27.3 Å². The first-order chi connectivity index (χ1) is 11.9. The number of ether oxygens (including phenoxy) is 2.